The summed E-state index contributed by atoms with van der Waals surface area (Å²) in [7, 11) is 3.15. The average molecular weight is 160 g/mol. The van der Waals surface area contributed by atoms with Gasteiger partial charge in [0.05, 0.1) is 7.11 Å². The third kappa shape index (κ3) is 4.61. The van der Waals surface area contributed by atoms with Gasteiger partial charge in [0.2, 0.25) is 0 Å². The molecule has 0 saturated heterocycles. The lowest BCUT2D eigenvalue weighted by atomic mass is 10.2. The van der Waals surface area contributed by atoms with Crippen molar-refractivity contribution in [2.45, 2.75) is 13.8 Å². The van der Waals surface area contributed by atoms with Crippen molar-refractivity contribution >= 4 is 6.03 Å². The molecule has 0 atom stereocenters. The van der Waals surface area contributed by atoms with Crippen molar-refractivity contribution in [3.05, 3.63) is 0 Å². The van der Waals surface area contributed by atoms with Crippen LogP contribution in [-0.4, -0.2) is 31.6 Å². The van der Waals surface area contributed by atoms with E-state index in [0.29, 0.717) is 5.92 Å². The van der Waals surface area contributed by atoms with Gasteiger partial charge in [0, 0.05) is 13.6 Å². The molecule has 0 spiro atoms. The summed E-state index contributed by atoms with van der Waals surface area (Å²) in [5.41, 5.74) is 2.24. The van der Waals surface area contributed by atoms with Gasteiger partial charge in [-0.15, -0.1) is 0 Å². The van der Waals surface area contributed by atoms with Crippen LogP contribution in [0.5, 0.6) is 0 Å². The van der Waals surface area contributed by atoms with E-state index < -0.39 is 0 Å². The summed E-state index contributed by atoms with van der Waals surface area (Å²) in [6.07, 6.45) is 0. The van der Waals surface area contributed by atoms with E-state index in [9.17, 15) is 4.79 Å². The molecule has 2 amide bonds. The minimum atomic E-state index is -0.207. The van der Waals surface area contributed by atoms with E-state index in [0.717, 1.165) is 6.54 Å². The molecule has 0 aromatic heterocycles. The highest BCUT2D eigenvalue weighted by molar-refractivity contribution is 5.72. The van der Waals surface area contributed by atoms with Gasteiger partial charge in [-0.3, -0.25) is 4.84 Å². The summed E-state index contributed by atoms with van der Waals surface area (Å²) in [4.78, 5) is 17.0. The van der Waals surface area contributed by atoms with E-state index in [1.54, 1.807) is 11.9 Å². The maximum atomic E-state index is 11.0. The molecule has 0 aromatic rings. The van der Waals surface area contributed by atoms with Gasteiger partial charge in [-0.2, -0.15) is 0 Å². The third-order valence-electron chi connectivity index (χ3n) is 1.18. The summed E-state index contributed by atoms with van der Waals surface area (Å²) >= 11 is 0. The Balaban J connectivity index is 3.64. The van der Waals surface area contributed by atoms with Crippen molar-refractivity contribution in [2.24, 2.45) is 5.92 Å². The van der Waals surface area contributed by atoms with Gasteiger partial charge in [-0.1, -0.05) is 13.8 Å². The zero-order valence-corrected chi connectivity index (χ0v) is 7.55. The van der Waals surface area contributed by atoms with Crippen molar-refractivity contribution in [1.82, 2.24) is 10.4 Å². The molecule has 0 radical (unpaired) electrons. The first-order valence-corrected chi connectivity index (χ1v) is 3.62. The van der Waals surface area contributed by atoms with Crippen LogP contribution in [0.15, 0.2) is 0 Å². The number of hydrogen-bond donors (Lipinski definition) is 1. The van der Waals surface area contributed by atoms with Crippen LogP contribution in [0.25, 0.3) is 0 Å². The number of carbonyl (C=O) groups is 1. The monoisotopic (exact) mass is 160 g/mol. The summed E-state index contributed by atoms with van der Waals surface area (Å²) in [5.74, 6) is 0.475. The van der Waals surface area contributed by atoms with Crippen molar-refractivity contribution in [1.29, 1.82) is 0 Å². The lowest BCUT2D eigenvalue weighted by Gasteiger charge is -2.18. The zero-order valence-electron chi connectivity index (χ0n) is 7.55. The van der Waals surface area contributed by atoms with Gasteiger partial charge in [0.1, 0.15) is 0 Å². The molecule has 0 saturated carbocycles. The number of nitrogens with one attached hydrogen (secondary N) is 1. The SMILES string of the molecule is CONC(=O)N(C)CC(C)C. The van der Waals surface area contributed by atoms with E-state index in [1.165, 1.54) is 7.11 Å². The smallest absolute Gasteiger partial charge is 0.326 e. The van der Waals surface area contributed by atoms with Crippen molar-refractivity contribution in [3.63, 3.8) is 0 Å². The number of urea groups is 1. The largest absolute Gasteiger partial charge is 0.341 e. The number of amides is 2. The fraction of sp³-hybridized carbons (Fsp3) is 0.857. The van der Waals surface area contributed by atoms with Crippen LogP contribution in [0, 0.1) is 5.92 Å². The van der Waals surface area contributed by atoms with Gasteiger partial charge in [0.15, 0.2) is 0 Å². The first-order valence-electron chi connectivity index (χ1n) is 3.62. The molecule has 0 aliphatic rings. The zero-order chi connectivity index (χ0) is 8.85. The second-order valence-corrected chi connectivity index (χ2v) is 2.89. The molecule has 11 heavy (non-hydrogen) atoms. The second-order valence-electron chi connectivity index (χ2n) is 2.89. The summed E-state index contributed by atoms with van der Waals surface area (Å²) in [5, 5.41) is 0. The number of nitrogens with zero attached hydrogens (tertiary/aromatic N) is 1. The van der Waals surface area contributed by atoms with Crippen LogP contribution in [-0.2, 0) is 4.84 Å². The molecule has 4 nitrogen and oxygen atoms in total. The first kappa shape index (κ1) is 10.2. The van der Waals surface area contributed by atoms with Crippen LogP contribution in [0.2, 0.25) is 0 Å². The number of carbonyl (C=O) groups excluding carboxylic acids is 1. The molecule has 0 bridgehead atoms. The van der Waals surface area contributed by atoms with Gasteiger partial charge in [-0.05, 0) is 5.92 Å². The molecular formula is C7H16N2O2. The van der Waals surface area contributed by atoms with Crippen LogP contribution in [0.4, 0.5) is 4.79 Å². The molecule has 0 rings (SSSR count). The highest BCUT2D eigenvalue weighted by Gasteiger charge is 2.08. The molecule has 0 aliphatic carbocycles. The predicted octanol–water partition coefficient (Wildman–Crippen LogP) is 0.845. The molecule has 66 valence electrons. The topological polar surface area (TPSA) is 41.6 Å². The Morgan fingerprint density at radius 1 is 1.64 bits per heavy atom. The predicted molar refractivity (Wildman–Crippen MR) is 43.0 cm³/mol. The minimum Gasteiger partial charge on any atom is -0.326 e. The van der Waals surface area contributed by atoms with Crippen LogP contribution >= 0.6 is 0 Å². The van der Waals surface area contributed by atoms with E-state index in [2.05, 4.69) is 24.2 Å². The quantitative estimate of drug-likeness (QED) is 0.622. The summed E-state index contributed by atoms with van der Waals surface area (Å²) < 4.78 is 0. The molecule has 0 aromatic carbocycles. The first-order chi connectivity index (χ1) is 5.07. The normalized spacial score (nSPS) is 9.91. The van der Waals surface area contributed by atoms with Crippen molar-refractivity contribution in [2.75, 3.05) is 20.7 Å². The van der Waals surface area contributed by atoms with Crippen molar-refractivity contribution < 1.29 is 9.63 Å². The highest BCUT2D eigenvalue weighted by Crippen LogP contribution is 1.95. The van der Waals surface area contributed by atoms with Gasteiger partial charge in [-0.25, -0.2) is 10.3 Å². The maximum Gasteiger partial charge on any atom is 0.341 e. The molecule has 0 fully saturated rings. The van der Waals surface area contributed by atoms with Gasteiger partial charge >= 0.3 is 6.03 Å². The van der Waals surface area contributed by atoms with Crippen molar-refractivity contribution in [3.8, 4) is 0 Å². The average Bonchev–Trinajstić information content (AvgIpc) is 1.86. The number of hydrogen-bond acceptors (Lipinski definition) is 2. The minimum absolute atomic E-state index is 0.207. The number of rotatable bonds is 3. The third-order valence-corrected chi connectivity index (χ3v) is 1.18. The molecule has 0 unspecified atom stereocenters. The van der Waals surface area contributed by atoms with Crippen LogP contribution in [0.1, 0.15) is 13.8 Å². The Labute approximate surface area is 67.5 Å². The molecule has 0 aliphatic heterocycles. The molecule has 4 heteroatoms. The van der Waals surface area contributed by atoms with E-state index >= 15 is 0 Å². The fourth-order valence-electron chi connectivity index (χ4n) is 0.796. The molecular weight excluding hydrogens is 144 g/mol. The molecule has 0 heterocycles. The number of hydroxylamine groups is 1. The fourth-order valence-corrected chi connectivity index (χ4v) is 0.796. The maximum absolute atomic E-state index is 11.0. The Morgan fingerprint density at radius 3 is 2.55 bits per heavy atom. The Kier molecular flexibility index (Phi) is 4.61. The Bertz CT molecular complexity index is 126. The van der Waals surface area contributed by atoms with E-state index in [1.807, 2.05) is 0 Å². The lowest BCUT2D eigenvalue weighted by molar-refractivity contribution is 0.0893. The van der Waals surface area contributed by atoms with E-state index in [4.69, 9.17) is 0 Å². The second kappa shape index (κ2) is 4.96. The summed E-state index contributed by atoms with van der Waals surface area (Å²) in [6.45, 7) is 4.84. The highest BCUT2D eigenvalue weighted by atomic mass is 16.6. The summed E-state index contributed by atoms with van der Waals surface area (Å²) in [6, 6.07) is -0.207. The lowest BCUT2D eigenvalue weighted by Crippen LogP contribution is -2.38. The Morgan fingerprint density at radius 2 is 2.18 bits per heavy atom. The Hall–Kier alpha value is -0.770. The molecule has 1 N–H and O–H groups in total. The van der Waals surface area contributed by atoms with Gasteiger partial charge in [0.25, 0.3) is 0 Å². The van der Waals surface area contributed by atoms with Crippen LogP contribution < -0.4 is 5.48 Å². The van der Waals surface area contributed by atoms with Gasteiger partial charge < -0.3 is 4.90 Å². The standard InChI is InChI=1S/C7H16N2O2/c1-6(2)5-9(3)7(10)8-11-4/h6H,5H2,1-4H3,(H,8,10). The van der Waals surface area contributed by atoms with Crippen LogP contribution in [0.3, 0.4) is 0 Å². The van der Waals surface area contributed by atoms with E-state index in [-0.39, 0.29) is 6.03 Å².